The van der Waals surface area contributed by atoms with Crippen LogP contribution in [0.3, 0.4) is 0 Å². The minimum atomic E-state index is 0.528. The van der Waals surface area contributed by atoms with Crippen LogP contribution in [0.2, 0.25) is 5.02 Å². The lowest BCUT2D eigenvalue weighted by molar-refractivity contribution is 0.111. The Kier molecular flexibility index (Phi) is 6.16. The van der Waals surface area contributed by atoms with Gasteiger partial charge in [-0.3, -0.25) is 14.4 Å². The third-order valence-electron chi connectivity index (χ3n) is 5.03. The van der Waals surface area contributed by atoms with E-state index in [2.05, 4.69) is 15.7 Å². The van der Waals surface area contributed by atoms with Gasteiger partial charge < -0.3 is 4.42 Å². The van der Waals surface area contributed by atoms with Gasteiger partial charge >= 0.3 is 0 Å². The number of hydrogen-bond donors (Lipinski definition) is 0. The van der Waals surface area contributed by atoms with Crippen molar-refractivity contribution in [1.29, 1.82) is 0 Å². The van der Waals surface area contributed by atoms with E-state index in [-0.39, 0.29) is 0 Å². The van der Waals surface area contributed by atoms with Crippen molar-refractivity contribution in [3.05, 3.63) is 58.2 Å². The van der Waals surface area contributed by atoms with Crippen molar-refractivity contribution < 1.29 is 4.42 Å². The molecule has 1 aromatic carbocycles. The molecule has 0 aliphatic carbocycles. The molecule has 29 heavy (non-hydrogen) atoms. The van der Waals surface area contributed by atoms with Crippen LogP contribution < -0.4 is 0 Å². The maximum absolute atomic E-state index is 6.06. The van der Waals surface area contributed by atoms with Crippen LogP contribution in [0.25, 0.3) is 11.4 Å². The van der Waals surface area contributed by atoms with Crippen molar-refractivity contribution in [2.75, 3.05) is 32.7 Å². The smallest absolute Gasteiger partial charge is 0.199 e. The van der Waals surface area contributed by atoms with Gasteiger partial charge in [0.2, 0.25) is 0 Å². The molecule has 8 heteroatoms. The van der Waals surface area contributed by atoms with E-state index in [9.17, 15) is 0 Å². The molecule has 1 fully saturated rings. The van der Waals surface area contributed by atoms with E-state index >= 15 is 0 Å². The summed E-state index contributed by atoms with van der Waals surface area (Å²) in [7, 11) is 0. The van der Waals surface area contributed by atoms with Gasteiger partial charge in [0, 0.05) is 36.8 Å². The average molecular weight is 428 g/mol. The van der Waals surface area contributed by atoms with Crippen LogP contribution in [-0.4, -0.2) is 56.9 Å². The van der Waals surface area contributed by atoms with Crippen molar-refractivity contribution in [2.24, 2.45) is 0 Å². The van der Waals surface area contributed by atoms with E-state index < -0.39 is 0 Å². The summed E-state index contributed by atoms with van der Waals surface area (Å²) >= 11 is 11.8. The Balaban J connectivity index is 1.60. The number of rotatable bonds is 6. The van der Waals surface area contributed by atoms with Crippen LogP contribution in [0.4, 0.5) is 0 Å². The van der Waals surface area contributed by atoms with Crippen molar-refractivity contribution in [3.8, 4) is 23.7 Å². The van der Waals surface area contributed by atoms with Crippen LogP contribution in [0.5, 0.6) is 0 Å². The summed E-state index contributed by atoms with van der Waals surface area (Å²) in [6.07, 6.45) is 7.09. The molecule has 0 spiro atoms. The summed E-state index contributed by atoms with van der Waals surface area (Å²) in [6, 6.07) is 11.5. The van der Waals surface area contributed by atoms with Gasteiger partial charge in [-0.05, 0) is 48.6 Å². The summed E-state index contributed by atoms with van der Waals surface area (Å²) in [4.78, 5) is 4.63. The zero-order valence-electron chi connectivity index (χ0n) is 16.0. The fourth-order valence-corrected chi connectivity index (χ4v) is 3.83. The van der Waals surface area contributed by atoms with Gasteiger partial charge in [-0.15, -0.1) is 6.42 Å². The first-order valence-electron chi connectivity index (χ1n) is 9.48. The quantitative estimate of drug-likeness (QED) is 0.444. The predicted molar refractivity (Wildman–Crippen MR) is 116 cm³/mol. The number of hydrogen-bond acceptors (Lipinski definition) is 5. The summed E-state index contributed by atoms with van der Waals surface area (Å²) in [6.45, 7) is 5.65. The number of halogens is 1. The van der Waals surface area contributed by atoms with E-state index in [0.29, 0.717) is 29.6 Å². The van der Waals surface area contributed by atoms with Gasteiger partial charge in [0.25, 0.3) is 0 Å². The van der Waals surface area contributed by atoms with E-state index in [1.807, 2.05) is 45.6 Å². The van der Waals surface area contributed by atoms with Gasteiger partial charge in [-0.2, -0.15) is 5.10 Å². The lowest BCUT2D eigenvalue weighted by Crippen LogP contribution is -2.46. The highest BCUT2D eigenvalue weighted by atomic mass is 35.5. The molecular weight excluding hydrogens is 406 g/mol. The average Bonchev–Trinajstić information content (AvgIpc) is 3.34. The molecule has 0 N–H and O–H groups in total. The van der Waals surface area contributed by atoms with E-state index in [1.165, 1.54) is 0 Å². The van der Waals surface area contributed by atoms with Crippen LogP contribution >= 0.6 is 23.8 Å². The summed E-state index contributed by atoms with van der Waals surface area (Å²) in [5, 5.41) is 5.53. The monoisotopic (exact) mass is 427 g/mol. The summed E-state index contributed by atoms with van der Waals surface area (Å²) in [5.74, 6) is 4.35. The first-order valence-corrected chi connectivity index (χ1v) is 10.3. The highest BCUT2D eigenvalue weighted by Crippen LogP contribution is 2.22. The highest BCUT2D eigenvalue weighted by molar-refractivity contribution is 7.71. The van der Waals surface area contributed by atoms with Gasteiger partial charge in [-0.25, -0.2) is 4.68 Å². The largest absolute Gasteiger partial charge is 0.467 e. The lowest BCUT2D eigenvalue weighted by Gasteiger charge is -2.33. The van der Waals surface area contributed by atoms with Crippen LogP contribution in [-0.2, 0) is 13.2 Å². The number of piperazine rings is 1. The minimum absolute atomic E-state index is 0.528. The molecule has 0 bridgehead atoms. The summed E-state index contributed by atoms with van der Waals surface area (Å²) < 4.78 is 10.1. The molecule has 1 aliphatic heterocycles. The van der Waals surface area contributed by atoms with Crippen LogP contribution in [0, 0.1) is 17.1 Å². The third-order valence-corrected chi connectivity index (χ3v) is 5.72. The van der Waals surface area contributed by atoms with E-state index in [0.717, 1.165) is 43.3 Å². The Morgan fingerprint density at radius 3 is 2.48 bits per heavy atom. The van der Waals surface area contributed by atoms with Crippen molar-refractivity contribution >= 4 is 23.8 Å². The molecule has 150 valence electrons. The number of nitrogens with zero attached hydrogens (tertiary/aromatic N) is 5. The molecule has 0 amide bonds. The van der Waals surface area contributed by atoms with Crippen LogP contribution in [0.15, 0.2) is 47.1 Å². The van der Waals surface area contributed by atoms with Gasteiger partial charge in [0.1, 0.15) is 5.76 Å². The Labute approximate surface area is 180 Å². The predicted octanol–water partition coefficient (Wildman–Crippen LogP) is 3.58. The van der Waals surface area contributed by atoms with Crippen molar-refractivity contribution in [3.63, 3.8) is 0 Å². The van der Waals surface area contributed by atoms with Gasteiger partial charge in [0.05, 0.1) is 26.0 Å². The number of furan rings is 1. The SMILES string of the molecule is C#CCN1CCN(Cn2nc(-c3ccc(Cl)cc3)n(Cc3ccco3)c2=S)CC1. The Bertz CT molecular complexity index is 1040. The molecule has 0 atom stereocenters. The maximum atomic E-state index is 6.06. The molecule has 0 radical (unpaired) electrons. The third kappa shape index (κ3) is 4.62. The molecule has 1 saturated heterocycles. The van der Waals surface area contributed by atoms with Gasteiger partial charge in [-0.1, -0.05) is 17.5 Å². The van der Waals surface area contributed by atoms with Crippen molar-refractivity contribution in [2.45, 2.75) is 13.2 Å². The van der Waals surface area contributed by atoms with E-state index in [4.69, 9.17) is 39.8 Å². The number of benzene rings is 1. The molecule has 1 aliphatic rings. The summed E-state index contributed by atoms with van der Waals surface area (Å²) in [5.41, 5.74) is 0.963. The topological polar surface area (TPSA) is 42.4 Å². The molecular formula is C21H22ClN5OS. The van der Waals surface area contributed by atoms with Crippen LogP contribution in [0.1, 0.15) is 5.76 Å². The highest BCUT2D eigenvalue weighted by Gasteiger charge is 2.19. The molecule has 3 aromatic rings. The molecule has 2 aromatic heterocycles. The maximum Gasteiger partial charge on any atom is 0.199 e. The normalized spacial score (nSPS) is 15.4. The lowest BCUT2D eigenvalue weighted by atomic mass is 10.2. The second kappa shape index (κ2) is 8.97. The second-order valence-corrected chi connectivity index (χ2v) is 7.82. The van der Waals surface area contributed by atoms with Crippen molar-refractivity contribution in [1.82, 2.24) is 24.1 Å². The molecule has 4 rings (SSSR count). The number of aromatic nitrogens is 3. The second-order valence-electron chi connectivity index (χ2n) is 7.02. The molecule has 0 unspecified atom stereocenters. The minimum Gasteiger partial charge on any atom is -0.467 e. The zero-order valence-corrected chi connectivity index (χ0v) is 17.6. The first kappa shape index (κ1) is 19.9. The molecule has 3 heterocycles. The Morgan fingerprint density at radius 2 is 1.83 bits per heavy atom. The molecule has 6 nitrogen and oxygen atoms in total. The fourth-order valence-electron chi connectivity index (χ4n) is 3.45. The van der Waals surface area contributed by atoms with E-state index in [1.54, 1.807) is 6.26 Å². The zero-order chi connectivity index (χ0) is 20.2. The Morgan fingerprint density at radius 1 is 1.10 bits per heavy atom. The van der Waals surface area contributed by atoms with Gasteiger partial charge in [0.15, 0.2) is 10.6 Å². The fraction of sp³-hybridized carbons (Fsp3) is 0.333. The molecule has 0 saturated carbocycles. The number of terminal acetylenes is 1. The standard InChI is InChI=1S/C21H22ClN5OS/c1-2-9-24-10-12-25(13-11-24)16-27-21(29)26(15-19-4-3-14-28-19)20(23-27)17-5-7-18(22)8-6-17/h1,3-8,14H,9-13,15-16H2. The first-order chi connectivity index (χ1) is 14.1. The Hall–Kier alpha value is -2.37.